The molecule has 0 saturated heterocycles. The second-order valence-electron chi connectivity index (χ2n) is 3.40. The molecule has 68 valence electrons. The Morgan fingerprint density at radius 2 is 2.15 bits per heavy atom. The normalized spacial score (nSPS) is 27.8. The molecule has 0 saturated carbocycles. The van der Waals surface area contributed by atoms with Crippen molar-refractivity contribution < 1.29 is 14.7 Å². The number of allylic oxidation sites excluding steroid dienone is 3. The monoisotopic (exact) mass is 178 g/mol. The van der Waals surface area contributed by atoms with E-state index in [4.69, 9.17) is 5.11 Å². The lowest BCUT2D eigenvalue weighted by atomic mass is 9.79. The summed E-state index contributed by atoms with van der Waals surface area (Å²) in [6, 6.07) is 0. The minimum absolute atomic E-state index is 0.136. The number of hydrogen-bond donors (Lipinski definition) is 1. The zero-order valence-corrected chi connectivity index (χ0v) is 7.12. The summed E-state index contributed by atoms with van der Waals surface area (Å²) in [6.07, 6.45) is 5.34. The lowest BCUT2D eigenvalue weighted by Gasteiger charge is -2.23. The number of carbonyl (C=O) groups excluding carboxylic acids is 2. The second kappa shape index (κ2) is 2.83. The number of fused-ring (bicyclic) bond motifs is 1. The molecule has 0 aromatic heterocycles. The molecule has 0 aliphatic heterocycles. The quantitative estimate of drug-likeness (QED) is 0.608. The minimum atomic E-state index is -0.408. The van der Waals surface area contributed by atoms with Crippen LogP contribution in [0, 0.1) is 5.92 Å². The molecule has 0 amide bonds. The van der Waals surface area contributed by atoms with Crippen LogP contribution in [0.25, 0.3) is 0 Å². The Kier molecular flexibility index (Phi) is 1.79. The van der Waals surface area contributed by atoms with Crippen molar-refractivity contribution >= 4 is 11.6 Å². The topological polar surface area (TPSA) is 54.4 Å². The van der Waals surface area contributed by atoms with Gasteiger partial charge in [-0.1, -0.05) is 6.08 Å². The molecule has 0 spiro atoms. The summed E-state index contributed by atoms with van der Waals surface area (Å²) in [5.74, 6) is -1.20. The molecule has 2 aliphatic rings. The number of ketones is 2. The molecule has 1 N–H and O–H groups in total. The highest BCUT2D eigenvalue weighted by Crippen LogP contribution is 2.31. The van der Waals surface area contributed by atoms with Crippen molar-refractivity contribution in [2.45, 2.75) is 19.3 Å². The van der Waals surface area contributed by atoms with Gasteiger partial charge in [0.2, 0.25) is 5.78 Å². The standard InChI is InChI=1S/C10H10O3/c11-8-5-9(12)10(13)7-4-2-1-3-6(7)8/h4-6,12H,1-3H2. The van der Waals surface area contributed by atoms with Crippen molar-refractivity contribution in [3.05, 3.63) is 23.5 Å². The van der Waals surface area contributed by atoms with Crippen LogP contribution in [0.5, 0.6) is 0 Å². The Balaban J connectivity index is 2.45. The molecule has 3 nitrogen and oxygen atoms in total. The molecular formula is C10H10O3. The van der Waals surface area contributed by atoms with Gasteiger partial charge in [-0.25, -0.2) is 0 Å². The van der Waals surface area contributed by atoms with Crippen molar-refractivity contribution in [3.8, 4) is 0 Å². The number of rotatable bonds is 0. The van der Waals surface area contributed by atoms with Crippen molar-refractivity contribution in [2.24, 2.45) is 5.92 Å². The Morgan fingerprint density at radius 3 is 2.92 bits per heavy atom. The SMILES string of the molecule is O=C1C(O)=CC(=O)C2CCCC=C12. The fraction of sp³-hybridized carbons (Fsp3) is 0.400. The predicted molar refractivity (Wildman–Crippen MR) is 46.1 cm³/mol. The Bertz CT molecular complexity index is 336. The summed E-state index contributed by atoms with van der Waals surface area (Å²) in [7, 11) is 0. The average molecular weight is 178 g/mol. The van der Waals surface area contributed by atoms with Crippen molar-refractivity contribution in [1.29, 1.82) is 0 Å². The van der Waals surface area contributed by atoms with Gasteiger partial charge in [-0.05, 0) is 19.3 Å². The summed E-state index contributed by atoms with van der Waals surface area (Å²) in [5.41, 5.74) is 0.497. The third-order valence-corrected chi connectivity index (χ3v) is 2.55. The third kappa shape index (κ3) is 1.20. The van der Waals surface area contributed by atoms with Gasteiger partial charge in [0.1, 0.15) is 0 Å². The number of aliphatic hydroxyl groups excluding tert-OH is 1. The van der Waals surface area contributed by atoms with E-state index in [0.29, 0.717) is 5.57 Å². The summed E-state index contributed by atoms with van der Waals surface area (Å²) < 4.78 is 0. The number of carbonyl (C=O) groups is 2. The van der Waals surface area contributed by atoms with Crippen LogP contribution in [-0.4, -0.2) is 16.7 Å². The van der Waals surface area contributed by atoms with E-state index in [1.807, 2.05) is 0 Å². The molecule has 0 fully saturated rings. The summed E-state index contributed by atoms with van der Waals surface area (Å²) >= 11 is 0. The van der Waals surface area contributed by atoms with Crippen LogP contribution in [0.1, 0.15) is 19.3 Å². The van der Waals surface area contributed by atoms with Gasteiger partial charge >= 0.3 is 0 Å². The molecule has 3 heteroatoms. The van der Waals surface area contributed by atoms with Gasteiger partial charge in [-0.2, -0.15) is 0 Å². The first-order valence-electron chi connectivity index (χ1n) is 4.39. The van der Waals surface area contributed by atoms with Crippen LogP contribution in [-0.2, 0) is 9.59 Å². The van der Waals surface area contributed by atoms with E-state index in [0.717, 1.165) is 25.3 Å². The molecule has 2 aliphatic carbocycles. The highest BCUT2D eigenvalue weighted by molar-refractivity contribution is 6.18. The van der Waals surface area contributed by atoms with Crippen molar-refractivity contribution in [3.63, 3.8) is 0 Å². The molecule has 1 unspecified atom stereocenters. The van der Waals surface area contributed by atoms with Gasteiger partial charge in [0.05, 0.1) is 5.92 Å². The summed E-state index contributed by atoms with van der Waals surface area (Å²) in [6.45, 7) is 0. The zero-order valence-electron chi connectivity index (χ0n) is 7.12. The van der Waals surface area contributed by atoms with Crippen LogP contribution < -0.4 is 0 Å². The summed E-state index contributed by atoms with van der Waals surface area (Å²) in [4.78, 5) is 22.7. The van der Waals surface area contributed by atoms with Gasteiger partial charge in [-0.15, -0.1) is 0 Å². The van der Waals surface area contributed by atoms with Gasteiger partial charge in [0.15, 0.2) is 11.5 Å². The first-order chi connectivity index (χ1) is 6.20. The maximum Gasteiger partial charge on any atom is 0.223 e. The minimum Gasteiger partial charge on any atom is -0.504 e. The molecule has 0 heterocycles. The maximum atomic E-state index is 11.4. The van der Waals surface area contributed by atoms with Crippen LogP contribution in [0.3, 0.4) is 0 Å². The smallest absolute Gasteiger partial charge is 0.223 e. The fourth-order valence-corrected chi connectivity index (χ4v) is 1.87. The molecule has 0 aromatic carbocycles. The molecule has 2 rings (SSSR count). The largest absolute Gasteiger partial charge is 0.504 e. The highest BCUT2D eigenvalue weighted by Gasteiger charge is 2.34. The van der Waals surface area contributed by atoms with Gasteiger partial charge in [0.25, 0.3) is 0 Å². The van der Waals surface area contributed by atoms with E-state index >= 15 is 0 Å². The third-order valence-electron chi connectivity index (χ3n) is 2.55. The lowest BCUT2D eigenvalue weighted by Crippen LogP contribution is -2.28. The van der Waals surface area contributed by atoms with Crippen LogP contribution in [0.15, 0.2) is 23.5 Å². The Morgan fingerprint density at radius 1 is 1.38 bits per heavy atom. The van der Waals surface area contributed by atoms with Crippen LogP contribution in [0.2, 0.25) is 0 Å². The molecular weight excluding hydrogens is 168 g/mol. The predicted octanol–water partition coefficient (Wildman–Crippen LogP) is 1.31. The highest BCUT2D eigenvalue weighted by atomic mass is 16.3. The van der Waals surface area contributed by atoms with Crippen LogP contribution >= 0.6 is 0 Å². The van der Waals surface area contributed by atoms with E-state index in [1.54, 1.807) is 6.08 Å². The zero-order chi connectivity index (χ0) is 9.42. The van der Waals surface area contributed by atoms with Gasteiger partial charge in [0, 0.05) is 11.6 Å². The molecule has 13 heavy (non-hydrogen) atoms. The molecule has 0 bridgehead atoms. The van der Waals surface area contributed by atoms with E-state index in [-0.39, 0.29) is 17.5 Å². The Labute approximate surface area is 75.8 Å². The number of hydrogen-bond acceptors (Lipinski definition) is 3. The Hall–Kier alpha value is -1.38. The average Bonchev–Trinajstić information content (AvgIpc) is 2.15. The van der Waals surface area contributed by atoms with Gasteiger partial charge < -0.3 is 5.11 Å². The second-order valence-corrected chi connectivity index (χ2v) is 3.40. The molecule has 0 radical (unpaired) electrons. The fourth-order valence-electron chi connectivity index (χ4n) is 1.87. The maximum absolute atomic E-state index is 11.4. The van der Waals surface area contributed by atoms with Crippen molar-refractivity contribution in [2.75, 3.05) is 0 Å². The summed E-state index contributed by atoms with van der Waals surface area (Å²) in [5, 5.41) is 9.14. The van der Waals surface area contributed by atoms with Crippen LogP contribution in [0.4, 0.5) is 0 Å². The van der Waals surface area contributed by atoms with E-state index in [2.05, 4.69) is 0 Å². The van der Waals surface area contributed by atoms with E-state index in [1.165, 1.54) is 0 Å². The van der Waals surface area contributed by atoms with Gasteiger partial charge in [-0.3, -0.25) is 9.59 Å². The van der Waals surface area contributed by atoms with E-state index in [9.17, 15) is 9.59 Å². The number of Topliss-reactive ketones (excluding diaryl/α,β-unsaturated/α-hetero) is 1. The first kappa shape index (κ1) is 8.23. The van der Waals surface area contributed by atoms with Crippen molar-refractivity contribution in [1.82, 2.24) is 0 Å². The first-order valence-corrected chi connectivity index (χ1v) is 4.39. The molecule has 0 aromatic rings. The number of aliphatic hydroxyl groups is 1. The lowest BCUT2D eigenvalue weighted by molar-refractivity contribution is -0.123. The van der Waals surface area contributed by atoms with E-state index < -0.39 is 5.76 Å². The molecule has 1 atom stereocenters.